The lowest BCUT2D eigenvalue weighted by atomic mass is 10.1. The molecule has 1 rings (SSSR count). The lowest BCUT2D eigenvalue weighted by Crippen LogP contribution is -2.01. The highest BCUT2D eigenvalue weighted by Gasteiger charge is 2.19. The molecule has 3 N–H and O–H groups in total. The van der Waals surface area contributed by atoms with Crippen molar-refractivity contribution in [3.63, 3.8) is 0 Å². The third-order valence-electron chi connectivity index (χ3n) is 1.92. The minimum absolute atomic E-state index is 0.0463. The highest BCUT2D eigenvalue weighted by Crippen LogP contribution is 2.37. The second-order valence-electron chi connectivity index (χ2n) is 2.75. The Morgan fingerprint density at radius 1 is 1.43 bits per heavy atom. The monoisotopic (exact) mass is 198 g/mol. The molecule has 5 heteroatoms. The summed E-state index contributed by atoms with van der Waals surface area (Å²) >= 11 is 0. The maximum absolute atomic E-state index is 10.7. The van der Waals surface area contributed by atoms with E-state index in [0.717, 1.165) is 6.07 Å². The van der Waals surface area contributed by atoms with Gasteiger partial charge in [-0.05, 0) is 6.92 Å². The molecule has 0 saturated carbocycles. The number of carboxylic acids is 1. The lowest BCUT2D eigenvalue weighted by Gasteiger charge is -2.10. The van der Waals surface area contributed by atoms with E-state index in [0.29, 0.717) is 0 Å². The van der Waals surface area contributed by atoms with Gasteiger partial charge in [0.15, 0.2) is 11.5 Å². The Balaban J connectivity index is 3.49. The predicted molar refractivity (Wildman–Crippen MR) is 48.0 cm³/mol. The third kappa shape index (κ3) is 1.44. The van der Waals surface area contributed by atoms with Gasteiger partial charge in [-0.3, -0.25) is 0 Å². The van der Waals surface area contributed by atoms with Crippen LogP contribution in [0, 0.1) is 6.92 Å². The molecule has 0 aliphatic rings. The van der Waals surface area contributed by atoms with E-state index in [1.54, 1.807) is 0 Å². The van der Waals surface area contributed by atoms with Gasteiger partial charge in [0, 0.05) is 11.6 Å². The molecule has 5 nitrogen and oxygen atoms in total. The zero-order valence-corrected chi connectivity index (χ0v) is 7.74. The van der Waals surface area contributed by atoms with Crippen molar-refractivity contribution in [2.24, 2.45) is 0 Å². The Morgan fingerprint density at radius 2 is 2.00 bits per heavy atom. The number of hydrogen-bond donors (Lipinski definition) is 3. The van der Waals surface area contributed by atoms with Crippen LogP contribution in [-0.2, 0) is 0 Å². The van der Waals surface area contributed by atoms with E-state index >= 15 is 0 Å². The maximum Gasteiger partial charge on any atom is 0.339 e. The third-order valence-corrected chi connectivity index (χ3v) is 1.92. The van der Waals surface area contributed by atoms with Crippen LogP contribution in [0.1, 0.15) is 15.9 Å². The molecule has 0 amide bonds. The Hall–Kier alpha value is -1.91. The van der Waals surface area contributed by atoms with Crippen molar-refractivity contribution in [1.82, 2.24) is 0 Å². The van der Waals surface area contributed by atoms with E-state index in [1.165, 1.54) is 14.0 Å². The molecule has 0 aliphatic carbocycles. The van der Waals surface area contributed by atoms with Gasteiger partial charge in [0.25, 0.3) is 0 Å². The molecule has 0 unspecified atom stereocenters. The van der Waals surface area contributed by atoms with Crippen molar-refractivity contribution in [3.05, 3.63) is 17.2 Å². The number of aromatic carboxylic acids is 1. The van der Waals surface area contributed by atoms with E-state index in [1.807, 2.05) is 0 Å². The Kier molecular flexibility index (Phi) is 2.51. The summed E-state index contributed by atoms with van der Waals surface area (Å²) in [5.41, 5.74) is -0.238. The van der Waals surface area contributed by atoms with Crippen LogP contribution < -0.4 is 4.74 Å². The smallest absolute Gasteiger partial charge is 0.339 e. The molecule has 0 bridgehead atoms. The average Bonchev–Trinajstić information content (AvgIpc) is 2.10. The van der Waals surface area contributed by atoms with Gasteiger partial charge in [0.1, 0.15) is 11.3 Å². The number of carbonyl (C=O) groups is 1. The average molecular weight is 198 g/mol. The van der Waals surface area contributed by atoms with Crippen molar-refractivity contribution in [2.45, 2.75) is 6.92 Å². The van der Waals surface area contributed by atoms with Crippen LogP contribution in [0.3, 0.4) is 0 Å². The van der Waals surface area contributed by atoms with Gasteiger partial charge in [0.05, 0.1) is 7.11 Å². The Labute approximate surface area is 80.2 Å². The molecule has 76 valence electrons. The lowest BCUT2D eigenvalue weighted by molar-refractivity contribution is 0.0692. The number of hydrogen-bond acceptors (Lipinski definition) is 4. The topological polar surface area (TPSA) is 87.0 Å². The van der Waals surface area contributed by atoms with E-state index in [9.17, 15) is 15.0 Å². The number of methoxy groups -OCH3 is 1. The number of phenolic OH excluding ortho intramolecular Hbond substituents is 1. The second-order valence-corrected chi connectivity index (χ2v) is 2.75. The molecule has 1 aromatic carbocycles. The summed E-state index contributed by atoms with van der Waals surface area (Å²) in [6, 6.07) is 1.06. The van der Waals surface area contributed by atoms with Crippen molar-refractivity contribution in [3.8, 4) is 17.2 Å². The van der Waals surface area contributed by atoms with Crippen LogP contribution >= 0.6 is 0 Å². The molecule has 0 aliphatic heterocycles. The number of rotatable bonds is 2. The zero-order valence-electron chi connectivity index (χ0n) is 7.74. The standard InChI is InChI=1S/C9H10O5/c1-4-7(9(12)13)5(10)3-6(14-2)8(4)11/h3,10-11H,1-2H3,(H,12,13). The van der Waals surface area contributed by atoms with Gasteiger partial charge in [-0.15, -0.1) is 0 Å². The van der Waals surface area contributed by atoms with E-state index < -0.39 is 11.7 Å². The molecule has 0 spiro atoms. The van der Waals surface area contributed by atoms with Crippen molar-refractivity contribution in [1.29, 1.82) is 0 Å². The summed E-state index contributed by atoms with van der Waals surface area (Å²) in [7, 11) is 1.31. The molecule has 1 aromatic rings. The van der Waals surface area contributed by atoms with Crippen molar-refractivity contribution >= 4 is 5.97 Å². The fraction of sp³-hybridized carbons (Fsp3) is 0.222. The summed E-state index contributed by atoms with van der Waals surface area (Å²) in [6.45, 7) is 1.39. The molecule has 0 aromatic heterocycles. The van der Waals surface area contributed by atoms with Crippen molar-refractivity contribution < 1.29 is 24.9 Å². The van der Waals surface area contributed by atoms with E-state index in [4.69, 9.17) is 9.84 Å². The fourth-order valence-electron chi connectivity index (χ4n) is 1.19. The summed E-state index contributed by atoms with van der Waals surface area (Å²) < 4.78 is 4.74. The summed E-state index contributed by atoms with van der Waals surface area (Å²) in [4.78, 5) is 10.7. The fourth-order valence-corrected chi connectivity index (χ4v) is 1.19. The van der Waals surface area contributed by atoms with Crippen LogP contribution in [-0.4, -0.2) is 28.4 Å². The van der Waals surface area contributed by atoms with Crippen molar-refractivity contribution in [2.75, 3.05) is 7.11 Å². The Morgan fingerprint density at radius 3 is 2.43 bits per heavy atom. The predicted octanol–water partition coefficient (Wildman–Crippen LogP) is 1.11. The molecule has 0 fully saturated rings. The maximum atomic E-state index is 10.7. The summed E-state index contributed by atoms with van der Waals surface area (Å²) in [5.74, 6) is -1.95. The quantitative estimate of drug-likeness (QED) is 0.619. The van der Waals surface area contributed by atoms with Gasteiger partial charge in [0.2, 0.25) is 0 Å². The van der Waals surface area contributed by atoms with Gasteiger partial charge in [-0.1, -0.05) is 0 Å². The van der Waals surface area contributed by atoms with Gasteiger partial charge < -0.3 is 20.1 Å². The number of ether oxygens (including phenoxy) is 1. The summed E-state index contributed by atoms with van der Waals surface area (Å²) in [6.07, 6.45) is 0. The molecule has 14 heavy (non-hydrogen) atoms. The first-order valence-corrected chi connectivity index (χ1v) is 3.81. The molecular formula is C9H10O5. The minimum Gasteiger partial charge on any atom is -0.507 e. The first kappa shape index (κ1) is 10.2. The largest absolute Gasteiger partial charge is 0.507 e. The highest BCUT2D eigenvalue weighted by atomic mass is 16.5. The second kappa shape index (κ2) is 3.45. The first-order chi connectivity index (χ1) is 6.49. The zero-order chi connectivity index (χ0) is 10.9. The van der Waals surface area contributed by atoms with E-state index in [-0.39, 0.29) is 22.6 Å². The molecule has 0 saturated heterocycles. The first-order valence-electron chi connectivity index (χ1n) is 3.81. The van der Waals surface area contributed by atoms with Crippen LogP contribution in [0.4, 0.5) is 0 Å². The van der Waals surface area contributed by atoms with Crippen LogP contribution in [0.15, 0.2) is 6.07 Å². The van der Waals surface area contributed by atoms with Gasteiger partial charge >= 0.3 is 5.97 Å². The number of carboxylic acid groups (broad SMARTS) is 1. The van der Waals surface area contributed by atoms with Crippen LogP contribution in [0.2, 0.25) is 0 Å². The van der Waals surface area contributed by atoms with E-state index in [2.05, 4.69) is 0 Å². The highest BCUT2D eigenvalue weighted by molar-refractivity contribution is 5.93. The molecular weight excluding hydrogens is 188 g/mol. The number of benzene rings is 1. The summed E-state index contributed by atoms with van der Waals surface area (Å²) in [5, 5.41) is 27.5. The van der Waals surface area contributed by atoms with Crippen LogP contribution in [0.25, 0.3) is 0 Å². The minimum atomic E-state index is -1.29. The van der Waals surface area contributed by atoms with Crippen LogP contribution in [0.5, 0.6) is 17.2 Å². The molecule has 0 heterocycles. The molecule has 0 atom stereocenters. The SMILES string of the molecule is COc1cc(O)c(C(=O)O)c(C)c1O. The van der Waals surface area contributed by atoms with Gasteiger partial charge in [-0.2, -0.15) is 0 Å². The number of aromatic hydroxyl groups is 2. The molecule has 0 radical (unpaired) electrons. The normalized spacial score (nSPS) is 9.86. The van der Waals surface area contributed by atoms with Gasteiger partial charge in [-0.25, -0.2) is 4.79 Å². The Bertz CT molecular complexity index is 383. The number of phenols is 2.